The normalized spacial score (nSPS) is 16.3. The fourth-order valence-electron chi connectivity index (χ4n) is 3.30. The summed E-state index contributed by atoms with van der Waals surface area (Å²) in [5.74, 6) is -0.387. The number of aliphatic hydroxyl groups excluding tert-OH is 1. The molecule has 4 nitrogen and oxygen atoms in total. The average Bonchev–Trinajstić information content (AvgIpc) is 3.00. The van der Waals surface area contributed by atoms with Crippen molar-refractivity contribution in [1.29, 1.82) is 0 Å². The maximum absolute atomic E-state index is 12.6. The van der Waals surface area contributed by atoms with E-state index < -0.39 is 0 Å². The lowest BCUT2D eigenvalue weighted by molar-refractivity contribution is 0.0449. The average molecular weight is 333 g/mol. The van der Waals surface area contributed by atoms with E-state index in [1.54, 1.807) is 16.9 Å². The molecule has 3 aromatic rings. The summed E-state index contributed by atoms with van der Waals surface area (Å²) < 4.78 is 1.64. The third-order valence-corrected chi connectivity index (χ3v) is 4.57. The molecule has 2 aromatic carbocycles. The monoisotopic (exact) mass is 333 g/mol. The molecule has 1 N–H and O–H groups in total. The van der Waals surface area contributed by atoms with Gasteiger partial charge in [-0.15, -0.1) is 0 Å². The van der Waals surface area contributed by atoms with Crippen LogP contribution < -0.4 is 4.84 Å². The van der Waals surface area contributed by atoms with Crippen molar-refractivity contribution < 1.29 is 14.7 Å². The van der Waals surface area contributed by atoms with Crippen molar-refractivity contribution in [1.82, 2.24) is 4.73 Å². The number of benzene rings is 2. The second kappa shape index (κ2) is 6.57. The van der Waals surface area contributed by atoms with Crippen LogP contribution in [0.1, 0.15) is 28.0 Å². The van der Waals surface area contributed by atoms with E-state index in [9.17, 15) is 9.90 Å². The van der Waals surface area contributed by atoms with Crippen LogP contribution in [0.3, 0.4) is 0 Å². The Balaban J connectivity index is 1.76. The lowest BCUT2D eigenvalue weighted by atomic mass is 9.95. The van der Waals surface area contributed by atoms with Gasteiger partial charge in [0.05, 0.1) is 23.1 Å². The first-order valence-electron chi connectivity index (χ1n) is 8.47. The van der Waals surface area contributed by atoms with E-state index in [1.165, 1.54) is 0 Å². The van der Waals surface area contributed by atoms with Crippen LogP contribution in [-0.2, 0) is 12.8 Å². The third-order valence-electron chi connectivity index (χ3n) is 4.57. The number of nitrogens with zero attached hydrogens (tertiary/aromatic N) is 1. The SMILES string of the molecule is O=C(On1c(-c2ccccc2)cc2c1CCC(O)C2)c1ccccc1. The minimum Gasteiger partial charge on any atom is -0.393 e. The number of carbonyl (C=O) groups excluding carboxylic acids is 1. The fourth-order valence-corrected chi connectivity index (χ4v) is 3.30. The molecule has 0 spiro atoms. The molecule has 0 bridgehead atoms. The molecule has 1 heterocycles. The van der Waals surface area contributed by atoms with Gasteiger partial charge in [0.1, 0.15) is 0 Å². The number of aliphatic hydroxyl groups is 1. The predicted octanol–water partition coefficient (Wildman–Crippen LogP) is 3.27. The number of rotatable bonds is 3. The molecule has 0 saturated carbocycles. The van der Waals surface area contributed by atoms with Gasteiger partial charge in [0.15, 0.2) is 0 Å². The maximum Gasteiger partial charge on any atom is 0.363 e. The molecule has 1 aliphatic carbocycles. The van der Waals surface area contributed by atoms with Gasteiger partial charge in [-0.25, -0.2) is 4.79 Å². The Labute approximate surface area is 146 Å². The van der Waals surface area contributed by atoms with Gasteiger partial charge < -0.3 is 9.94 Å². The van der Waals surface area contributed by atoms with Crippen LogP contribution >= 0.6 is 0 Å². The molecule has 126 valence electrons. The van der Waals surface area contributed by atoms with Crippen molar-refractivity contribution in [2.24, 2.45) is 0 Å². The van der Waals surface area contributed by atoms with Crippen molar-refractivity contribution in [2.45, 2.75) is 25.4 Å². The number of hydrogen-bond acceptors (Lipinski definition) is 3. The summed E-state index contributed by atoms with van der Waals surface area (Å²) in [6, 6.07) is 20.8. The maximum atomic E-state index is 12.6. The minimum atomic E-state index is -0.387. The van der Waals surface area contributed by atoms with Crippen LogP contribution in [0, 0.1) is 0 Å². The van der Waals surface area contributed by atoms with Gasteiger partial charge in [-0.1, -0.05) is 48.5 Å². The molecule has 0 amide bonds. The van der Waals surface area contributed by atoms with Crippen molar-refractivity contribution in [3.8, 4) is 11.3 Å². The number of hydrogen-bond donors (Lipinski definition) is 1. The van der Waals surface area contributed by atoms with Crippen LogP contribution in [0.15, 0.2) is 66.7 Å². The largest absolute Gasteiger partial charge is 0.393 e. The van der Waals surface area contributed by atoms with E-state index in [-0.39, 0.29) is 12.1 Å². The number of carbonyl (C=O) groups is 1. The highest BCUT2D eigenvalue weighted by Crippen LogP contribution is 2.30. The first-order chi connectivity index (χ1) is 12.2. The van der Waals surface area contributed by atoms with E-state index in [0.717, 1.165) is 22.5 Å². The van der Waals surface area contributed by atoms with Gasteiger partial charge >= 0.3 is 5.97 Å². The van der Waals surface area contributed by atoms with Gasteiger partial charge in [-0.3, -0.25) is 0 Å². The molecule has 1 aromatic heterocycles. The van der Waals surface area contributed by atoms with E-state index in [4.69, 9.17) is 4.84 Å². The Morgan fingerprint density at radius 2 is 1.72 bits per heavy atom. The third kappa shape index (κ3) is 3.08. The number of aromatic nitrogens is 1. The lowest BCUT2D eigenvalue weighted by Gasteiger charge is -2.19. The van der Waals surface area contributed by atoms with E-state index in [0.29, 0.717) is 24.8 Å². The van der Waals surface area contributed by atoms with Crippen LogP contribution in [0.25, 0.3) is 11.3 Å². The van der Waals surface area contributed by atoms with Crippen LogP contribution in [0.4, 0.5) is 0 Å². The summed E-state index contributed by atoms with van der Waals surface area (Å²) in [6.45, 7) is 0. The highest BCUT2D eigenvalue weighted by Gasteiger charge is 2.25. The molecule has 0 radical (unpaired) electrons. The van der Waals surface area contributed by atoms with Crippen LogP contribution in [0.2, 0.25) is 0 Å². The van der Waals surface area contributed by atoms with E-state index in [1.807, 2.05) is 54.6 Å². The Kier molecular flexibility index (Phi) is 4.12. The van der Waals surface area contributed by atoms with Gasteiger partial charge in [0.2, 0.25) is 0 Å². The van der Waals surface area contributed by atoms with Crippen LogP contribution in [-0.4, -0.2) is 21.9 Å². The van der Waals surface area contributed by atoms with Gasteiger partial charge in [0.25, 0.3) is 0 Å². The Morgan fingerprint density at radius 3 is 2.44 bits per heavy atom. The zero-order valence-electron chi connectivity index (χ0n) is 13.8. The summed E-state index contributed by atoms with van der Waals surface area (Å²) in [7, 11) is 0. The van der Waals surface area contributed by atoms with E-state index >= 15 is 0 Å². The zero-order valence-corrected chi connectivity index (χ0v) is 13.8. The zero-order chi connectivity index (χ0) is 17.2. The quantitative estimate of drug-likeness (QED) is 0.800. The Hall–Kier alpha value is -2.85. The summed E-state index contributed by atoms with van der Waals surface area (Å²) in [5, 5.41) is 9.97. The highest BCUT2D eigenvalue weighted by molar-refractivity contribution is 5.89. The molecule has 0 saturated heterocycles. The summed E-state index contributed by atoms with van der Waals surface area (Å²) in [4.78, 5) is 18.3. The Bertz CT molecular complexity index is 884. The van der Waals surface area contributed by atoms with Crippen molar-refractivity contribution in [2.75, 3.05) is 0 Å². The van der Waals surface area contributed by atoms with Crippen molar-refractivity contribution in [3.05, 3.63) is 83.6 Å². The molecule has 0 fully saturated rings. The molecule has 4 rings (SSSR count). The molecule has 1 unspecified atom stereocenters. The molecule has 1 atom stereocenters. The van der Waals surface area contributed by atoms with Crippen molar-refractivity contribution in [3.63, 3.8) is 0 Å². The smallest absolute Gasteiger partial charge is 0.363 e. The predicted molar refractivity (Wildman–Crippen MR) is 95.3 cm³/mol. The lowest BCUT2D eigenvalue weighted by Crippen LogP contribution is -2.26. The molecule has 4 heteroatoms. The summed E-state index contributed by atoms with van der Waals surface area (Å²) >= 11 is 0. The van der Waals surface area contributed by atoms with Gasteiger partial charge in [-0.05, 0) is 36.6 Å². The van der Waals surface area contributed by atoms with Crippen molar-refractivity contribution >= 4 is 5.97 Å². The molecular formula is C21H19NO3. The second-order valence-corrected chi connectivity index (χ2v) is 6.30. The highest BCUT2D eigenvalue weighted by atomic mass is 16.7. The topological polar surface area (TPSA) is 51.5 Å². The molecule has 0 aliphatic heterocycles. The summed E-state index contributed by atoms with van der Waals surface area (Å²) in [6.07, 6.45) is 1.61. The second-order valence-electron chi connectivity index (χ2n) is 6.30. The van der Waals surface area contributed by atoms with Gasteiger partial charge in [0, 0.05) is 12.0 Å². The van der Waals surface area contributed by atoms with Crippen LogP contribution in [0.5, 0.6) is 0 Å². The number of fused-ring (bicyclic) bond motifs is 1. The van der Waals surface area contributed by atoms with E-state index in [2.05, 4.69) is 0 Å². The molecule has 25 heavy (non-hydrogen) atoms. The first-order valence-corrected chi connectivity index (χ1v) is 8.47. The van der Waals surface area contributed by atoms with Gasteiger partial charge in [-0.2, -0.15) is 4.73 Å². The standard InChI is InChI=1S/C21H19NO3/c23-18-11-12-19-17(13-18)14-20(15-7-3-1-4-8-15)22(19)25-21(24)16-9-5-2-6-10-16/h1-10,14,18,23H,11-13H2. The Morgan fingerprint density at radius 1 is 1.04 bits per heavy atom. The first kappa shape index (κ1) is 15.7. The fraction of sp³-hybridized carbons (Fsp3) is 0.190. The summed E-state index contributed by atoms with van der Waals surface area (Å²) in [5.41, 5.74) is 4.34. The minimum absolute atomic E-state index is 0.336. The molecular weight excluding hydrogens is 314 g/mol. The molecule has 1 aliphatic rings.